The van der Waals surface area contributed by atoms with Crippen LogP contribution in [0.1, 0.15) is 60.4 Å². The third-order valence-electron chi connectivity index (χ3n) is 6.33. The summed E-state index contributed by atoms with van der Waals surface area (Å²) >= 11 is 0. The number of unbranched alkanes of at least 4 members (excludes halogenated alkanes) is 1. The molecule has 0 bridgehead atoms. The molecule has 2 aromatic carbocycles. The fraction of sp³-hybridized carbons (Fsp3) is 0.207. The van der Waals surface area contributed by atoms with E-state index in [9.17, 15) is 9.59 Å². The molecule has 5 rings (SSSR count). The van der Waals surface area contributed by atoms with Crippen LogP contribution in [0.4, 0.5) is 0 Å². The van der Waals surface area contributed by atoms with Crippen LogP contribution in [0.15, 0.2) is 78.8 Å². The van der Waals surface area contributed by atoms with Gasteiger partial charge in [-0.2, -0.15) is 5.10 Å². The molecule has 0 radical (unpaired) electrons. The first-order valence-electron chi connectivity index (χ1n) is 12.2. The van der Waals surface area contributed by atoms with Crippen LogP contribution in [-0.4, -0.2) is 31.9 Å². The quantitative estimate of drug-likeness (QED) is 0.280. The molecule has 36 heavy (non-hydrogen) atoms. The number of allylic oxidation sites excluding steroid dienone is 1. The van der Waals surface area contributed by atoms with Gasteiger partial charge in [0, 0.05) is 18.8 Å². The van der Waals surface area contributed by atoms with E-state index in [1.165, 1.54) is 0 Å². The number of nitrogens with one attached hydrogen (secondary N) is 2. The van der Waals surface area contributed by atoms with Crippen LogP contribution >= 0.6 is 0 Å². The van der Waals surface area contributed by atoms with Crippen LogP contribution in [0.3, 0.4) is 0 Å². The van der Waals surface area contributed by atoms with Crippen molar-refractivity contribution in [1.82, 2.24) is 25.5 Å². The summed E-state index contributed by atoms with van der Waals surface area (Å²) in [6.07, 6.45) is 8.27. The number of carbonyl (C=O) groups is 2. The number of carbonyl (C=O) groups excluding carboxylic acids is 2. The van der Waals surface area contributed by atoms with Crippen molar-refractivity contribution < 1.29 is 9.59 Å². The highest BCUT2D eigenvalue weighted by molar-refractivity contribution is 6.17. The van der Waals surface area contributed by atoms with Crippen molar-refractivity contribution in [3.63, 3.8) is 0 Å². The van der Waals surface area contributed by atoms with E-state index in [2.05, 4.69) is 51.7 Å². The Balaban J connectivity index is 1.49. The van der Waals surface area contributed by atoms with Gasteiger partial charge in [-0.15, -0.1) is 0 Å². The highest BCUT2D eigenvalue weighted by atomic mass is 16.2. The summed E-state index contributed by atoms with van der Waals surface area (Å²) in [5.41, 5.74) is 5.33. The Morgan fingerprint density at radius 1 is 0.972 bits per heavy atom. The number of benzene rings is 2. The van der Waals surface area contributed by atoms with Crippen LogP contribution in [-0.2, 0) is 16.0 Å². The molecular formula is C29H27N5O2. The lowest BCUT2D eigenvalue weighted by Crippen LogP contribution is -2.12. The Morgan fingerprint density at radius 3 is 2.44 bits per heavy atom. The Bertz CT molecular complexity index is 1410. The number of Topliss-reactive ketones (excluding diaryl/α,β-unsaturated/α-hetero) is 1. The minimum absolute atomic E-state index is 0.0968. The van der Waals surface area contributed by atoms with Gasteiger partial charge in [0.2, 0.25) is 5.91 Å². The van der Waals surface area contributed by atoms with Crippen LogP contribution < -0.4 is 5.32 Å². The normalized spacial score (nSPS) is 15.3. The topological polar surface area (TPSA) is 101 Å². The van der Waals surface area contributed by atoms with E-state index < -0.39 is 0 Å². The summed E-state index contributed by atoms with van der Waals surface area (Å²) in [6, 6.07) is 20.2. The number of nitrogens with zero attached hydrogens (tertiary/aromatic N) is 3. The minimum Gasteiger partial charge on any atom is -0.323 e. The maximum atomic E-state index is 12.1. The number of aromatic nitrogens is 4. The highest BCUT2D eigenvalue weighted by Gasteiger charge is 2.24. The van der Waals surface area contributed by atoms with Crippen molar-refractivity contribution in [2.24, 2.45) is 0 Å². The third-order valence-corrected chi connectivity index (χ3v) is 6.33. The molecule has 0 spiro atoms. The maximum Gasteiger partial charge on any atom is 0.232 e. The van der Waals surface area contributed by atoms with Crippen molar-refractivity contribution in [2.75, 3.05) is 0 Å². The standard InChI is InChI=1S/C29H27N5O2/c1-2-3-8-26-32-29(34-33-26)28(21-13-15-30-16-14-21)20-11-9-19(10-12-20)23-7-5-4-6-22(23)17-24-25(35)18-27(36)31-24/h4-7,9-17,28H,2-3,8,18H2,1H3,(H,31,36)(H,32,33,34)/b24-17-. The van der Waals surface area contributed by atoms with Gasteiger partial charge in [-0.1, -0.05) is 61.9 Å². The second-order valence-electron chi connectivity index (χ2n) is 8.87. The molecule has 0 aliphatic carbocycles. The average Bonchev–Trinajstić information content (AvgIpc) is 3.49. The van der Waals surface area contributed by atoms with E-state index in [1.54, 1.807) is 18.5 Å². The molecule has 3 heterocycles. The van der Waals surface area contributed by atoms with Gasteiger partial charge in [0.1, 0.15) is 5.82 Å². The average molecular weight is 478 g/mol. The number of pyridine rings is 1. The maximum absolute atomic E-state index is 12.1. The highest BCUT2D eigenvalue weighted by Crippen LogP contribution is 2.32. The zero-order valence-corrected chi connectivity index (χ0v) is 20.1. The summed E-state index contributed by atoms with van der Waals surface area (Å²) in [4.78, 5) is 32.7. The number of aryl methyl sites for hydroxylation is 1. The predicted octanol–water partition coefficient (Wildman–Crippen LogP) is 4.82. The zero-order valence-electron chi connectivity index (χ0n) is 20.1. The lowest BCUT2D eigenvalue weighted by molar-refractivity contribution is -0.121. The lowest BCUT2D eigenvalue weighted by atomic mass is 9.89. The van der Waals surface area contributed by atoms with Gasteiger partial charge in [-0.3, -0.25) is 19.7 Å². The Labute approximate surface area is 209 Å². The van der Waals surface area contributed by atoms with E-state index in [-0.39, 0.29) is 24.0 Å². The number of ketones is 1. The first-order chi connectivity index (χ1) is 17.6. The summed E-state index contributed by atoms with van der Waals surface area (Å²) in [6.45, 7) is 2.16. The van der Waals surface area contributed by atoms with Crippen molar-refractivity contribution in [3.05, 3.63) is 107 Å². The molecule has 7 nitrogen and oxygen atoms in total. The molecule has 0 saturated carbocycles. The van der Waals surface area contributed by atoms with Gasteiger partial charge >= 0.3 is 0 Å². The van der Waals surface area contributed by atoms with E-state index in [4.69, 9.17) is 4.98 Å². The zero-order chi connectivity index (χ0) is 24.9. The largest absolute Gasteiger partial charge is 0.323 e. The molecule has 7 heteroatoms. The number of aromatic amines is 1. The van der Waals surface area contributed by atoms with Crippen molar-refractivity contribution in [1.29, 1.82) is 0 Å². The van der Waals surface area contributed by atoms with Crippen molar-refractivity contribution in [2.45, 2.75) is 38.5 Å². The second-order valence-corrected chi connectivity index (χ2v) is 8.87. The molecule has 1 amide bonds. The fourth-order valence-electron chi connectivity index (χ4n) is 4.46. The Morgan fingerprint density at radius 2 is 1.72 bits per heavy atom. The van der Waals surface area contributed by atoms with Gasteiger partial charge in [-0.05, 0) is 52.4 Å². The number of hydrogen-bond acceptors (Lipinski definition) is 5. The monoisotopic (exact) mass is 477 g/mol. The van der Waals surface area contributed by atoms with E-state index in [1.807, 2.05) is 36.4 Å². The SMILES string of the molecule is CCCCc1nc(C(c2ccncc2)c2ccc(-c3ccccc3/C=C3\NC(=O)CC3=O)cc2)n[nH]1. The van der Waals surface area contributed by atoms with E-state index in [0.717, 1.165) is 58.7 Å². The molecule has 1 saturated heterocycles. The Kier molecular flexibility index (Phi) is 6.80. The van der Waals surface area contributed by atoms with Gasteiger partial charge in [-0.25, -0.2) is 4.98 Å². The van der Waals surface area contributed by atoms with Gasteiger partial charge in [0.05, 0.1) is 18.0 Å². The van der Waals surface area contributed by atoms with Crippen LogP contribution in [0.25, 0.3) is 17.2 Å². The van der Waals surface area contributed by atoms with Gasteiger partial charge in [0.15, 0.2) is 11.6 Å². The summed E-state index contributed by atoms with van der Waals surface area (Å²) in [7, 11) is 0. The van der Waals surface area contributed by atoms with Crippen LogP contribution in [0, 0.1) is 0 Å². The fourth-order valence-corrected chi connectivity index (χ4v) is 4.46. The van der Waals surface area contributed by atoms with Crippen LogP contribution in [0.5, 0.6) is 0 Å². The molecule has 180 valence electrons. The van der Waals surface area contributed by atoms with Gasteiger partial charge in [0.25, 0.3) is 0 Å². The molecule has 1 atom stereocenters. The summed E-state index contributed by atoms with van der Waals surface area (Å²) in [5.74, 6) is 1.06. The number of rotatable bonds is 8. The first kappa shape index (κ1) is 23.4. The predicted molar refractivity (Wildman–Crippen MR) is 138 cm³/mol. The number of amides is 1. The molecule has 1 unspecified atom stereocenters. The smallest absolute Gasteiger partial charge is 0.232 e. The number of H-pyrrole nitrogens is 1. The van der Waals surface area contributed by atoms with Crippen LogP contribution in [0.2, 0.25) is 0 Å². The second kappa shape index (κ2) is 10.5. The van der Waals surface area contributed by atoms with Crippen molar-refractivity contribution >= 4 is 17.8 Å². The molecule has 1 aliphatic rings. The number of hydrogen-bond donors (Lipinski definition) is 2. The molecule has 4 aromatic rings. The molecule has 1 fully saturated rings. The lowest BCUT2D eigenvalue weighted by Gasteiger charge is -2.16. The minimum atomic E-state index is -0.264. The molecule has 2 N–H and O–H groups in total. The first-order valence-corrected chi connectivity index (χ1v) is 12.2. The Hall–Kier alpha value is -4.39. The molecule has 1 aliphatic heterocycles. The van der Waals surface area contributed by atoms with Gasteiger partial charge < -0.3 is 5.32 Å². The van der Waals surface area contributed by atoms with E-state index in [0.29, 0.717) is 5.70 Å². The van der Waals surface area contributed by atoms with E-state index >= 15 is 0 Å². The van der Waals surface area contributed by atoms with Crippen molar-refractivity contribution in [3.8, 4) is 11.1 Å². The molecular weight excluding hydrogens is 450 g/mol. The third kappa shape index (κ3) is 5.00. The summed E-state index contributed by atoms with van der Waals surface area (Å²) < 4.78 is 0. The molecule has 2 aromatic heterocycles. The summed E-state index contributed by atoms with van der Waals surface area (Å²) in [5, 5.41) is 10.3.